The van der Waals surface area contributed by atoms with E-state index in [4.69, 9.17) is 11.6 Å². The number of hydrogen-bond acceptors (Lipinski definition) is 1. The maximum Gasteiger partial charge on any atom is 0.416 e. The van der Waals surface area contributed by atoms with Crippen molar-refractivity contribution >= 4 is 27.5 Å². The van der Waals surface area contributed by atoms with Gasteiger partial charge in [0.25, 0.3) is 0 Å². The van der Waals surface area contributed by atoms with Crippen LogP contribution >= 0.6 is 27.5 Å². The van der Waals surface area contributed by atoms with Gasteiger partial charge in [-0.2, -0.15) is 13.2 Å². The Labute approximate surface area is 134 Å². The highest BCUT2D eigenvalue weighted by molar-refractivity contribution is 9.10. The average Bonchev–Trinajstić information content (AvgIpc) is 2.44. The van der Waals surface area contributed by atoms with Gasteiger partial charge in [-0.15, -0.1) is 0 Å². The van der Waals surface area contributed by atoms with Gasteiger partial charge in [-0.25, -0.2) is 0 Å². The van der Waals surface area contributed by atoms with Crippen LogP contribution in [0.3, 0.4) is 0 Å². The minimum Gasteiger partial charge on any atom is -0.309 e. The molecule has 21 heavy (non-hydrogen) atoms. The lowest BCUT2D eigenvalue weighted by Gasteiger charge is -2.19. The minimum absolute atomic E-state index is 0.280. The third kappa shape index (κ3) is 3.59. The average molecular weight is 379 g/mol. The van der Waals surface area contributed by atoms with Crippen LogP contribution in [0, 0.1) is 0 Å². The first-order valence-corrected chi connectivity index (χ1v) is 7.30. The zero-order chi connectivity index (χ0) is 15.6. The molecule has 2 aromatic rings. The summed E-state index contributed by atoms with van der Waals surface area (Å²) < 4.78 is 38.5. The molecule has 1 unspecified atom stereocenters. The maximum atomic E-state index is 12.6. The van der Waals surface area contributed by atoms with Crippen molar-refractivity contribution in [1.82, 2.24) is 5.32 Å². The van der Waals surface area contributed by atoms with Crippen LogP contribution in [0.15, 0.2) is 46.9 Å². The second-order valence-electron chi connectivity index (χ2n) is 4.48. The van der Waals surface area contributed by atoms with Crippen LogP contribution in [-0.2, 0) is 6.18 Å². The van der Waals surface area contributed by atoms with Crippen molar-refractivity contribution in [2.24, 2.45) is 0 Å². The smallest absolute Gasteiger partial charge is 0.309 e. The van der Waals surface area contributed by atoms with Crippen LogP contribution in [0.5, 0.6) is 0 Å². The van der Waals surface area contributed by atoms with Gasteiger partial charge < -0.3 is 5.32 Å². The summed E-state index contributed by atoms with van der Waals surface area (Å²) in [4.78, 5) is 0. The predicted octanol–water partition coefficient (Wildman–Crippen LogP) is 5.43. The Balaban J connectivity index is 2.40. The monoisotopic (exact) mass is 377 g/mol. The van der Waals surface area contributed by atoms with Crippen LogP contribution in [0.4, 0.5) is 13.2 Å². The summed E-state index contributed by atoms with van der Waals surface area (Å²) in [7, 11) is 1.74. The molecule has 0 saturated heterocycles. The normalized spacial score (nSPS) is 13.2. The maximum absolute atomic E-state index is 12.6. The first kappa shape index (κ1) is 16.3. The van der Waals surface area contributed by atoms with E-state index in [1.807, 2.05) is 18.2 Å². The van der Waals surface area contributed by atoms with Gasteiger partial charge >= 0.3 is 6.18 Å². The Hall–Kier alpha value is -1.04. The van der Waals surface area contributed by atoms with E-state index in [0.717, 1.165) is 22.2 Å². The molecule has 0 aliphatic carbocycles. The van der Waals surface area contributed by atoms with E-state index < -0.39 is 11.7 Å². The second-order valence-corrected chi connectivity index (χ2v) is 5.72. The molecule has 2 aromatic carbocycles. The molecule has 0 aliphatic heterocycles. The fraction of sp³-hybridized carbons (Fsp3) is 0.200. The Bertz CT molecular complexity index is 626. The van der Waals surface area contributed by atoms with E-state index in [1.165, 1.54) is 12.1 Å². The molecule has 2 rings (SSSR count). The molecule has 0 radical (unpaired) electrons. The topological polar surface area (TPSA) is 12.0 Å². The molecule has 0 aromatic heterocycles. The van der Waals surface area contributed by atoms with Crippen LogP contribution in [0.25, 0.3) is 0 Å². The minimum atomic E-state index is -4.33. The summed E-state index contributed by atoms with van der Waals surface area (Å²) in [5.74, 6) is 0. The zero-order valence-corrected chi connectivity index (χ0v) is 13.4. The van der Waals surface area contributed by atoms with Gasteiger partial charge in [0.05, 0.1) is 16.6 Å². The molecule has 0 bridgehead atoms. The van der Waals surface area contributed by atoms with Gasteiger partial charge in [-0.05, 0) is 52.3 Å². The standard InChI is InChI=1S/C15H12BrClF3N/c1-21-14(11-3-2-4-12(16)13(11)17)9-5-7-10(8-6-9)15(18,19)20/h2-8,14,21H,1H3. The van der Waals surface area contributed by atoms with Crippen molar-refractivity contribution in [2.75, 3.05) is 7.05 Å². The molecule has 0 saturated carbocycles. The highest BCUT2D eigenvalue weighted by Gasteiger charge is 2.30. The first-order chi connectivity index (χ1) is 9.84. The Morgan fingerprint density at radius 2 is 1.71 bits per heavy atom. The molecular weight excluding hydrogens is 367 g/mol. The highest BCUT2D eigenvalue weighted by Crippen LogP contribution is 2.35. The molecular formula is C15H12BrClF3N. The predicted molar refractivity (Wildman–Crippen MR) is 81.5 cm³/mol. The molecule has 1 N–H and O–H groups in total. The van der Waals surface area contributed by atoms with Crippen molar-refractivity contribution in [1.29, 1.82) is 0 Å². The third-order valence-corrected chi connectivity index (χ3v) is 4.46. The molecule has 112 valence electrons. The number of nitrogens with one attached hydrogen (secondary N) is 1. The Morgan fingerprint density at radius 3 is 2.24 bits per heavy atom. The molecule has 0 fully saturated rings. The van der Waals surface area contributed by atoms with Crippen LogP contribution in [0.1, 0.15) is 22.7 Å². The number of halogens is 5. The van der Waals surface area contributed by atoms with Gasteiger partial charge in [0.1, 0.15) is 0 Å². The van der Waals surface area contributed by atoms with E-state index in [-0.39, 0.29) is 6.04 Å². The van der Waals surface area contributed by atoms with Crippen molar-refractivity contribution < 1.29 is 13.2 Å². The SMILES string of the molecule is CNC(c1ccc(C(F)(F)F)cc1)c1cccc(Br)c1Cl. The Kier molecular flexibility index (Phi) is 4.96. The lowest BCUT2D eigenvalue weighted by Crippen LogP contribution is -2.18. The van der Waals surface area contributed by atoms with Crippen LogP contribution in [0.2, 0.25) is 5.02 Å². The summed E-state index contributed by atoms with van der Waals surface area (Å²) in [6.45, 7) is 0. The third-order valence-electron chi connectivity index (χ3n) is 3.15. The van der Waals surface area contributed by atoms with E-state index >= 15 is 0 Å². The molecule has 6 heteroatoms. The number of alkyl halides is 3. The van der Waals surface area contributed by atoms with Gasteiger partial charge in [0, 0.05) is 4.47 Å². The summed E-state index contributed by atoms with van der Waals surface area (Å²) in [6.07, 6.45) is -4.33. The molecule has 0 heterocycles. The van der Waals surface area contributed by atoms with E-state index in [1.54, 1.807) is 7.05 Å². The van der Waals surface area contributed by atoms with Crippen molar-refractivity contribution in [2.45, 2.75) is 12.2 Å². The number of hydrogen-bond donors (Lipinski definition) is 1. The van der Waals surface area contributed by atoms with Crippen LogP contribution in [-0.4, -0.2) is 7.05 Å². The molecule has 0 amide bonds. The lowest BCUT2D eigenvalue weighted by atomic mass is 9.97. The van der Waals surface area contributed by atoms with Crippen molar-refractivity contribution in [3.05, 3.63) is 68.7 Å². The molecule has 1 nitrogen and oxygen atoms in total. The molecule has 0 aliphatic rings. The molecule has 1 atom stereocenters. The summed E-state index contributed by atoms with van der Waals surface area (Å²) in [5, 5.41) is 3.61. The fourth-order valence-electron chi connectivity index (χ4n) is 2.11. The highest BCUT2D eigenvalue weighted by atomic mass is 79.9. The zero-order valence-electron chi connectivity index (χ0n) is 11.0. The van der Waals surface area contributed by atoms with E-state index in [2.05, 4.69) is 21.2 Å². The largest absolute Gasteiger partial charge is 0.416 e. The second kappa shape index (κ2) is 6.38. The van der Waals surface area contributed by atoms with Gasteiger partial charge in [0.2, 0.25) is 0 Å². The summed E-state index contributed by atoms with van der Waals surface area (Å²) >= 11 is 9.60. The van der Waals surface area contributed by atoms with E-state index in [9.17, 15) is 13.2 Å². The number of rotatable bonds is 3. The molecule has 0 spiro atoms. The Morgan fingerprint density at radius 1 is 1.10 bits per heavy atom. The van der Waals surface area contributed by atoms with Gasteiger partial charge in [0.15, 0.2) is 0 Å². The van der Waals surface area contributed by atoms with Crippen LogP contribution < -0.4 is 5.32 Å². The first-order valence-electron chi connectivity index (χ1n) is 6.13. The van der Waals surface area contributed by atoms with Gasteiger partial charge in [-0.3, -0.25) is 0 Å². The van der Waals surface area contributed by atoms with Crippen molar-refractivity contribution in [3.8, 4) is 0 Å². The quantitative estimate of drug-likeness (QED) is 0.751. The fourth-order valence-corrected chi connectivity index (χ4v) is 2.73. The summed E-state index contributed by atoms with van der Waals surface area (Å²) in [6, 6.07) is 10.3. The summed E-state index contributed by atoms with van der Waals surface area (Å²) in [5.41, 5.74) is 0.847. The number of benzene rings is 2. The van der Waals surface area contributed by atoms with Gasteiger partial charge in [-0.1, -0.05) is 35.9 Å². The van der Waals surface area contributed by atoms with E-state index in [0.29, 0.717) is 10.6 Å². The lowest BCUT2D eigenvalue weighted by molar-refractivity contribution is -0.137. The van der Waals surface area contributed by atoms with Crippen molar-refractivity contribution in [3.63, 3.8) is 0 Å².